The molecule has 0 heterocycles. The predicted octanol–water partition coefficient (Wildman–Crippen LogP) is 10.2. The van der Waals surface area contributed by atoms with Crippen LogP contribution in [-0.2, 0) is 32.7 Å². The summed E-state index contributed by atoms with van der Waals surface area (Å²) in [5, 5.41) is 50.2. The molecule has 0 spiro atoms. The molecule has 0 amide bonds. The summed E-state index contributed by atoms with van der Waals surface area (Å²) in [6, 6.07) is 0. The third-order valence-electron chi connectivity index (χ3n) is 11.9. The van der Waals surface area contributed by atoms with Crippen LogP contribution in [0.2, 0.25) is 0 Å². The van der Waals surface area contributed by atoms with E-state index in [0.717, 1.165) is 51.4 Å². The Labute approximate surface area is 375 Å². The molecule has 13 nitrogen and oxygen atoms in total. The van der Waals surface area contributed by atoms with Gasteiger partial charge in [0.2, 0.25) is 0 Å². The van der Waals surface area contributed by atoms with E-state index in [9.17, 15) is 44.6 Å². The van der Waals surface area contributed by atoms with Crippen LogP contribution in [0.4, 0.5) is 0 Å². The van der Waals surface area contributed by atoms with Crippen LogP contribution in [-0.4, -0.2) is 98.3 Å². The first-order valence-corrected chi connectivity index (χ1v) is 26.5. The van der Waals surface area contributed by atoms with Crippen molar-refractivity contribution in [3.63, 3.8) is 0 Å². The first kappa shape index (κ1) is 58.6. The van der Waals surface area contributed by atoms with Crippen LogP contribution in [0.3, 0.4) is 0 Å². The van der Waals surface area contributed by atoms with Crippen molar-refractivity contribution in [1.29, 1.82) is 0 Å². The first-order valence-electron chi connectivity index (χ1n) is 25.0. The molecule has 1 fully saturated rings. The third-order valence-corrected chi connectivity index (χ3v) is 12.8. The van der Waals surface area contributed by atoms with Gasteiger partial charge in [-0.15, -0.1) is 0 Å². The van der Waals surface area contributed by atoms with Crippen molar-refractivity contribution in [2.24, 2.45) is 0 Å². The van der Waals surface area contributed by atoms with E-state index in [1.807, 2.05) is 0 Å². The van der Waals surface area contributed by atoms with E-state index in [1.165, 1.54) is 135 Å². The van der Waals surface area contributed by atoms with Crippen LogP contribution < -0.4 is 0 Å². The van der Waals surface area contributed by atoms with Crippen molar-refractivity contribution in [2.75, 3.05) is 13.2 Å². The number of hydrogen-bond acceptors (Lipinski definition) is 12. The van der Waals surface area contributed by atoms with Gasteiger partial charge < -0.3 is 39.9 Å². The molecule has 0 radical (unpaired) electrons. The maximum Gasteiger partial charge on any atom is 0.472 e. The highest BCUT2D eigenvalue weighted by molar-refractivity contribution is 7.47. The van der Waals surface area contributed by atoms with E-state index >= 15 is 0 Å². The maximum atomic E-state index is 12.8. The minimum atomic E-state index is -5.11. The Bertz CT molecular complexity index is 1140. The van der Waals surface area contributed by atoms with E-state index in [2.05, 4.69) is 26.0 Å². The van der Waals surface area contributed by atoms with Crippen LogP contribution in [0.5, 0.6) is 0 Å². The van der Waals surface area contributed by atoms with Crippen LogP contribution in [0, 0.1) is 0 Å². The molecule has 0 bridgehead atoms. The molecule has 0 aromatic carbocycles. The summed E-state index contributed by atoms with van der Waals surface area (Å²) in [4.78, 5) is 35.8. The highest BCUT2D eigenvalue weighted by atomic mass is 31.2. The molecule has 6 unspecified atom stereocenters. The second-order valence-electron chi connectivity index (χ2n) is 17.7. The average molecular weight is 907 g/mol. The largest absolute Gasteiger partial charge is 0.472 e. The van der Waals surface area contributed by atoms with Crippen molar-refractivity contribution in [3.8, 4) is 0 Å². The van der Waals surface area contributed by atoms with Crippen molar-refractivity contribution < 1.29 is 63.1 Å². The lowest BCUT2D eigenvalue weighted by Gasteiger charge is -2.41. The number of aliphatic hydroxyl groups is 5. The zero-order valence-corrected chi connectivity index (χ0v) is 39.8. The molecule has 1 aliphatic rings. The van der Waals surface area contributed by atoms with Gasteiger partial charge >= 0.3 is 19.8 Å². The number of hydrogen-bond donors (Lipinski definition) is 6. The fourth-order valence-electron chi connectivity index (χ4n) is 7.81. The zero-order chi connectivity index (χ0) is 45.7. The number of rotatable bonds is 42. The summed E-state index contributed by atoms with van der Waals surface area (Å²) >= 11 is 0. The Morgan fingerprint density at radius 2 is 0.823 bits per heavy atom. The van der Waals surface area contributed by atoms with Gasteiger partial charge in [-0.05, 0) is 38.5 Å². The highest BCUT2D eigenvalue weighted by Crippen LogP contribution is 2.47. The highest BCUT2D eigenvalue weighted by Gasteiger charge is 2.51. The van der Waals surface area contributed by atoms with E-state index in [1.54, 1.807) is 0 Å². The number of esters is 2. The number of unbranched alkanes of at least 4 members (excludes halogenated alkanes) is 28. The van der Waals surface area contributed by atoms with Gasteiger partial charge in [0.25, 0.3) is 0 Å². The standard InChI is InChI=1S/C48H91O13P/c1-3-5-7-9-11-13-15-17-19-20-21-22-23-25-27-29-31-33-35-37-42(50)60-40(39-59-62(56,57)61-48-46(54)44(52)43(51)45(53)47(48)55)38-58-41(49)36-34-32-30-28-26-24-18-16-14-12-10-8-6-4-2/h17,19,40,43-48,51-55H,3-16,18,20-39H2,1-2H3,(H,56,57)/b19-17+/t40-,43?,44+,45?,46?,47?,48?/m1/s1. The number of phosphoric acid groups is 1. The molecule has 14 heteroatoms. The quantitative estimate of drug-likeness (QED) is 0.0146. The Morgan fingerprint density at radius 1 is 0.484 bits per heavy atom. The normalized spacial score (nSPS) is 21.9. The second kappa shape index (κ2) is 38.8. The van der Waals surface area contributed by atoms with Crippen LogP contribution in [0.1, 0.15) is 226 Å². The molecule has 62 heavy (non-hydrogen) atoms. The van der Waals surface area contributed by atoms with Crippen LogP contribution >= 0.6 is 7.82 Å². The monoisotopic (exact) mass is 907 g/mol. The number of allylic oxidation sites excluding steroid dienone is 2. The summed E-state index contributed by atoms with van der Waals surface area (Å²) in [6.45, 7) is 3.32. The Kier molecular flexibility index (Phi) is 36.7. The van der Waals surface area contributed by atoms with Gasteiger partial charge in [0.05, 0.1) is 6.61 Å². The Hall–Kier alpha value is -1.41. The van der Waals surface area contributed by atoms with Gasteiger partial charge in [-0.2, -0.15) is 0 Å². The molecule has 0 aliphatic heterocycles. The molecule has 6 N–H and O–H groups in total. The Morgan fingerprint density at radius 3 is 1.23 bits per heavy atom. The van der Waals surface area contributed by atoms with Gasteiger partial charge in [-0.3, -0.25) is 18.6 Å². The summed E-state index contributed by atoms with van der Waals surface area (Å²) in [5.41, 5.74) is 0. The van der Waals surface area contributed by atoms with Crippen molar-refractivity contribution in [2.45, 2.75) is 268 Å². The van der Waals surface area contributed by atoms with Gasteiger partial charge in [0.15, 0.2) is 6.10 Å². The molecule has 0 saturated heterocycles. The summed E-state index contributed by atoms with van der Waals surface area (Å²) in [6.07, 6.45) is 28.3. The topological polar surface area (TPSA) is 210 Å². The minimum absolute atomic E-state index is 0.0989. The van der Waals surface area contributed by atoms with Gasteiger partial charge in [-0.1, -0.05) is 187 Å². The number of phosphoric ester groups is 1. The second-order valence-corrected chi connectivity index (χ2v) is 19.1. The molecule has 1 rings (SSSR count). The number of ether oxygens (including phenoxy) is 2. The smallest absolute Gasteiger partial charge is 0.462 e. The molecule has 366 valence electrons. The van der Waals surface area contributed by atoms with Gasteiger partial charge in [0, 0.05) is 12.8 Å². The van der Waals surface area contributed by atoms with Crippen molar-refractivity contribution >= 4 is 19.8 Å². The van der Waals surface area contributed by atoms with Crippen LogP contribution in [0.15, 0.2) is 12.2 Å². The number of carbonyl (C=O) groups excluding carboxylic acids is 2. The molecule has 0 aromatic heterocycles. The zero-order valence-electron chi connectivity index (χ0n) is 38.9. The molecule has 8 atom stereocenters. The lowest BCUT2D eigenvalue weighted by atomic mass is 9.85. The van der Waals surface area contributed by atoms with E-state index in [4.69, 9.17) is 18.5 Å². The third kappa shape index (κ3) is 30.7. The fraction of sp³-hybridized carbons (Fsp3) is 0.917. The lowest BCUT2D eigenvalue weighted by molar-refractivity contribution is -0.220. The molecular formula is C48H91O13P. The summed E-state index contributed by atoms with van der Waals surface area (Å²) < 4.78 is 33.6. The molecule has 1 saturated carbocycles. The Balaban J connectivity index is 2.40. The summed E-state index contributed by atoms with van der Waals surface area (Å²) in [5.74, 6) is -1.09. The molecule has 0 aromatic rings. The SMILES string of the molecule is CCCCCCCC/C=C/CCCCCCCCCCCC(=O)O[C@H](COC(=O)CCCCCCCCCCCCCCCC)COP(=O)(O)OC1C(O)C(O)C(O)[C@H](O)C1O. The maximum absolute atomic E-state index is 12.8. The lowest BCUT2D eigenvalue weighted by Crippen LogP contribution is -2.64. The van der Waals surface area contributed by atoms with Crippen LogP contribution in [0.25, 0.3) is 0 Å². The number of aliphatic hydroxyl groups excluding tert-OH is 5. The van der Waals surface area contributed by atoms with E-state index < -0.39 is 75.7 Å². The van der Waals surface area contributed by atoms with E-state index in [-0.39, 0.29) is 12.8 Å². The fourth-order valence-corrected chi connectivity index (χ4v) is 8.79. The summed E-state index contributed by atoms with van der Waals surface area (Å²) in [7, 11) is -5.11. The van der Waals surface area contributed by atoms with Gasteiger partial charge in [-0.25, -0.2) is 4.57 Å². The van der Waals surface area contributed by atoms with E-state index in [0.29, 0.717) is 12.8 Å². The predicted molar refractivity (Wildman–Crippen MR) is 244 cm³/mol. The van der Waals surface area contributed by atoms with Gasteiger partial charge in [0.1, 0.15) is 43.2 Å². The first-order chi connectivity index (χ1) is 29.9. The van der Waals surface area contributed by atoms with Crippen molar-refractivity contribution in [3.05, 3.63) is 12.2 Å². The van der Waals surface area contributed by atoms with Crippen molar-refractivity contribution in [1.82, 2.24) is 0 Å². The number of carbonyl (C=O) groups is 2. The average Bonchev–Trinajstić information content (AvgIpc) is 3.25. The molecule has 1 aliphatic carbocycles. The minimum Gasteiger partial charge on any atom is -0.462 e. The molecular weight excluding hydrogens is 815 g/mol.